The van der Waals surface area contributed by atoms with Gasteiger partial charge in [-0.1, -0.05) is 52.7 Å². The highest BCUT2D eigenvalue weighted by atomic mass is 16.1. The predicted molar refractivity (Wildman–Crippen MR) is 107 cm³/mol. The van der Waals surface area contributed by atoms with E-state index in [-0.39, 0.29) is 11.3 Å². The molecule has 1 aromatic carbocycles. The van der Waals surface area contributed by atoms with Crippen LogP contribution in [0.3, 0.4) is 0 Å². The van der Waals surface area contributed by atoms with Crippen LogP contribution in [-0.4, -0.2) is 30.4 Å². The number of carbonyl (C=O) groups excluding carboxylic acids is 1. The zero-order chi connectivity index (χ0) is 18.4. The van der Waals surface area contributed by atoms with E-state index in [1.165, 1.54) is 50.9 Å². The maximum absolute atomic E-state index is 11.3. The van der Waals surface area contributed by atoms with Crippen molar-refractivity contribution in [2.24, 2.45) is 11.8 Å². The third kappa shape index (κ3) is 5.57. The molecule has 0 bridgehead atoms. The highest BCUT2D eigenvalue weighted by Gasteiger charge is 2.37. The van der Waals surface area contributed by atoms with Gasteiger partial charge in [0.1, 0.15) is 0 Å². The molecular formula is C22H36N2O. The smallest absolute Gasteiger partial charge is 0.221 e. The predicted octanol–water partition coefficient (Wildman–Crippen LogP) is 5.07. The van der Waals surface area contributed by atoms with E-state index in [4.69, 9.17) is 0 Å². The minimum Gasteiger partial charge on any atom is -0.326 e. The van der Waals surface area contributed by atoms with Crippen LogP contribution in [0.25, 0.3) is 0 Å². The fourth-order valence-corrected chi connectivity index (χ4v) is 3.99. The third-order valence-electron chi connectivity index (χ3n) is 5.92. The molecule has 1 aliphatic heterocycles. The van der Waals surface area contributed by atoms with E-state index in [1.54, 1.807) is 6.92 Å². The first-order valence-corrected chi connectivity index (χ1v) is 9.91. The zero-order valence-electron chi connectivity index (χ0n) is 16.8. The van der Waals surface area contributed by atoms with E-state index in [0.29, 0.717) is 5.92 Å². The van der Waals surface area contributed by atoms with Crippen LogP contribution in [0.2, 0.25) is 0 Å². The molecule has 140 valence electrons. The topological polar surface area (TPSA) is 32.3 Å². The molecule has 3 nitrogen and oxygen atoms in total. The van der Waals surface area contributed by atoms with Gasteiger partial charge in [-0.3, -0.25) is 4.79 Å². The number of nitrogens with zero attached hydrogens (tertiary/aromatic N) is 1. The van der Waals surface area contributed by atoms with Gasteiger partial charge in [0.15, 0.2) is 0 Å². The number of anilines is 1. The van der Waals surface area contributed by atoms with Crippen LogP contribution in [0.1, 0.15) is 65.9 Å². The largest absolute Gasteiger partial charge is 0.326 e. The maximum atomic E-state index is 11.3. The summed E-state index contributed by atoms with van der Waals surface area (Å²) in [6, 6.07) is 8.43. The number of benzene rings is 1. The number of hydrogen-bond acceptors (Lipinski definition) is 2. The van der Waals surface area contributed by atoms with Crippen molar-refractivity contribution in [3.05, 3.63) is 29.8 Å². The molecule has 1 aromatic rings. The number of rotatable bonds is 7. The van der Waals surface area contributed by atoms with Gasteiger partial charge in [0.2, 0.25) is 5.91 Å². The molecule has 1 heterocycles. The van der Waals surface area contributed by atoms with E-state index >= 15 is 0 Å². The Morgan fingerprint density at radius 3 is 2.76 bits per heavy atom. The lowest BCUT2D eigenvalue weighted by molar-refractivity contribution is -0.114. The van der Waals surface area contributed by atoms with Crippen molar-refractivity contribution in [3.63, 3.8) is 0 Å². The Bertz CT molecular complexity index is 569. The maximum Gasteiger partial charge on any atom is 0.221 e. The number of nitrogens with one attached hydrogen (secondary N) is 1. The molecule has 0 radical (unpaired) electrons. The third-order valence-corrected chi connectivity index (χ3v) is 5.92. The molecule has 0 aromatic heterocycles. The van der Waals surface area contributed by atoms with Crippen molar-refractivity contribution in [1.29, 1.82) is 0 Å². The van der Waals surface area contributed by atoms with E-state index in [2.05, 4.69) is 56.1 Å². The molecule has 0 aliphatic carbocycles. The molecule has 0 spiro atoms. The monoisotopic (exact) mass is 344 g/mol. The minimum atomic E-state index is -0.00781. The van der Waals surface area contributed by atoms with Crippen LogP contribution in [0, 0.1) is 11.8 Å². The van der Waals surface area contributed by atoms with Crippen molar-refractivity contribution in [2.45, 2.75) is 65.7 Å². The Kier molecular flexibility index (Phi) is 7.06. The molecule has 1 fully saturated rings. The number of amides is 1. The van der Waals surface area contributed by atoms with E-state index in [1.807, 2.05) is 6.07 Å². The van der Waals surface area contributed by atoms with Gasteiger partial charge in [-0.25, -0.2) is 0 Å². The average molecular weight is 345 g/mol. The molecule has 2 unspecified atom stereocenters. The van der Waals surface area contributed by atoms with Gasteiger partial charge < -0.3 is 10.2 Å². The Balaban J connectivity index is 1.95. The standard InChI is InChI=1S/C22H36N2O/c1-17(2)9-6-7-13-24-14-12-22(5,18(3)16-24)20-10-8-11-21(15-20)23-19(4)25/h8,10-11,15,17-18H,6-7,9,12-14,16H2,1-5H3,(H,23,25). The molecule has 2 rings (SSSR count). The molecular weight excluding hydrogens is 308 g/mol. The molecule has 0 saturated carbocycles. The van der Waals surface area contributed by atoms with Crippen molar-refractivity contribution < 1.29 is 4.79 Å². The highest BCUT2D eigenvalue weighted by molar-refractivity contribution is 5.88. The summed E-state index contributed by atoms with van der Waals surface area (Å²) in [5.41, 5.74) is 2.45. The SMILES string of the molecule is CC(=O)Nc1cccc(C2(C)CCN(CCCCC(C)C)CC2C)c1. The Hall–Kier alpha value is -1.35. The van der Waals surface area contributed by atoms with Crippen molar-refractivity contribution in [1.82, 2.24) is 4.90 Å². The van der Waals surface area contributed by atoms with E-state index in [0.717, 1.165) is 11.6 Å². The molecule has 1 aliphatic rings. The van der Waals surface area contributed by atoms with Gasteiger partial charge in [0.25, 0.3) is 0 Å². The Labute approximate surface area is 154 Å². The van der Waals surface area contributed by atoms with Crippen LogP contribution in [0.15, 0.2) is 24.3 Å². The van der Waals surface area contributed by atoms with Crippen molar-refractivity contribution >= 4 is 11.6 Å². The van der Waals surface area contributed by atoms with Crippen LogP contribution in [0.5, 0.6) is 0 Å². The van der Waals surface area contributed by atoms with Gasteiger partial charge in [-0.05, 0) is 60.9 Å². The van der Waals surface area contributed by atoms with Gasteiger partial charge in [0, 0.05) is 19.2 Å². The summed E-state index contributed by atoms with van der Waals surface area (Å²) < 4.78 is 0. The van der Waals surface area contributed by atoms with Gasteiger partial charge in [0.05, 0.1) is 0 Å². The molecule has 1 N–H and O–H groups in total. The molecule has 1 saturated heterocycles. The number of carbonyl (C=O) groups is 1. The van der Waals surface area contributed by atoms with Crippen LogP contribution >= 0.6 is 0 Å². The van der Waals surface area contributed by atoms with Crippen molar-refractivity contribution in [2.75, 3.05) is 25.0 Å². The summed E-state index contributed by atoms with van der Waals surface area (Å²) in [4.78, 5) is 14.0. The summed E-state index contributed by atoms with van der Waals surface area (Å²) in [6.45, 7) is 14.5. The second-order valence-electron chi connectivity index (χ2n) is 8.52. The number of likely N-dealkylation sites (tertiary alicyclic amines) is 1. The first kappa shape index (κ1) is 20.0. The number of unbranched alkanes of at least 4 members (excludes halogenated alkanes) is 1. The van der Waals surface area contributed by atoms with Gasteiger partial charge in [-0.15, -0.1) is 0 Å². The zero-order valence-corrected chi connectivity index (χ0v) is 16.8. The Morgan fingerprint density at radius 2 is 2.12 bits per heavy atom. The molecule has 3 heteroatoms. The molecule has 2 atom stereocenters. The number of piperidine rings is 1. The minimum absolute atomic E-state index is 0.00781. The Morgan fingerprint density at radius 1 is 1.36 bits per heavy atom. The first-order chi connectivity index (χ1) is 11.8. The fourth-order valence-electron chi connectivity index (χ4n) is 3.99. The lowest BCUT2D eigenvalue weighted by Gasteiger charge is -2.45. The van der Waals surface area contributed by atoms with E-state index < -0.39 is 0 Å². The summed E-state index contributed by atoms with van der Waals surface area (Å²) in [6.07, 6.45) is 5.19. The molecule has 25 heavy (non-hydrogen) atoms. The fraction of sp³-hybridized carbons (Fsp3) is 0.682. The summed E-state index contributed by atoms with van der Waals surface area (Å²) in [7, 11) is 0. The summed E-state index contributed by atoms with van der Waals surface area (Å²) in [5, 5.41) is 2.92. The molecule has 1 amide bonds. The quantitative estimate of drug-likeness (QED) is 0.700. The average Bonchev–Trinajstić information content (AvgIpc) is 2.54. The van der Waals surface area contributed by atoms with Gasteiger partial charge >= 0.3 is 0 Å². The second-order valence-corrected chi connectivity index (χ2v) is 8.52. The van der Waals surface area contributed by atoms with E-state index in [9.17, 15) is 4.79 Å². The van der Waals surface area contributed by atoms with Crippen LogP contribution < -0.4 is 5.32 Å². The first-order valence-electron chi connectivity index (χ1n) is 9.91. The van der Waals surface area contributed by atoms with Crippen molar-refractivity contribution in [3.8, 4) is 0 Å². The summed E-state index contributed by atoms with van der Waals surface area (Å²) >= 11 is 0. The van der Waals surface area contributed by atoms with Crippen LogP contribution in [0.4, 0.5) is 5.69 Å². The number of hydrogen-bond donors (Lipinski definition) is 1. The highest BCUT2D eigenvalue weighted by Crippen LogP contribution is 2.40. The van der Waals surface area contributed by atoms with Crippen LogP contribution in [-0.2, 0) is 10.2 Å². The lowest BCUT2D eigenvalue weighted by Crippen LogP contribution is -2.47. The lowest BCUT2D eigenvalue weighted by atomic mass is 9.68. The second kappa shape index (κ2) is 8.84. The van der Waals surface area contributed by atoms with Gasteiger partial charge in [-0.2, -0.15) is 0 Å². The summed E-state index contributed by atoms with van der Waals surface area (Å²) in [5.74, 6) is 1.42. The normalized spacial score (nSPS) is 24.5.